The van der Waals surface area contributed by atoms with Crippen LogP contribution in [-0.2, 0) is 6.18 Å². The Labute approximate surface area is 95.3 Å². The summed E-state index contributed by atoms with van der Waals surface area (Å²) in [4.78, 5) is 4.01. The number of hydrogen-bond donors (Lipinski definition) is 0. The second-order valence-corrected chi connectivity index (χ2v) is 3.62. The number of fused-ring (bicyclic) bond motifs is 1. The first kappa shape index (κ1) is 11.4. The fourth-order valence-corrected chi connectivity index (χ4v) is 1.74. The molecule has 17 heavy (non-hydrogen) atoms. The molecule has 1 aromatic heterocycles. The average molecular weight is 236 g/mol. The third kappa shape index (κ3) is 1.94. The summed E-state index contributed by atoms with van der Waals surface area (Å²) in [6.07, 6.45) is -4.48. The van der Waals surface area contributed by atoms with Crippen LogP contribution in [0, 0.1) is 18.3 Å². The maximum Gasteiger partial charge on any atom is 0.417 e. The lowest BCUT2D eigenvalue weighted by atomic mass is 10.0. The number of hydrogen-bond acceptors (Lipinski definition) is 2. The summed E-state index contributed by atoms with van der Waals surface area (Å²) in [6, 6.07) is 6.86. The smallest absolute Gasteiger partial charge is 0.253 e. The molecule has 0 radical (unpaired) electrons. The Bertz CT molecular complexity index is 624. The number of pyridine rings is 1. The Kier molecular flexibility index (Phi) is 2.50. The first-order chi connectivity index (χ1) is 7.93. The van der Waals surface area contributed by atoms with E-state index >= 15 is 0 Å². The van der Waals surface area contributed by atoms with Crippen molar-refractivity contribution in [1.29, 1.82) is 5.26 Å². The van der Waals surface area contributed by atoms with E-state index in [2.05, 4.69) is 4.98 Å². The van der Waals surface area contributed by atoms with Crippen molar-refractivity contribution in [3.05, 3.63) is 41.1 Å². The maximum atomic E-state index is 12.8. The van der Waals surface area contributed by atoms with Crippen LogP contribution in [0.5, 0.6) is 0 Å². The minimum atomic E-state index is -4.48. The molecule has 0 atom stereocenters. The molecule has 0 amide bonds. The fraction of sp³-hybridized carbons (Fsp3) is 0.167. The minimum absolute atomic E-state index is 0.000394. The highest BCUT2D eigenvalue weighted by Crippen LogP contribution is 2.35. The Morgan fingerprint density at radius 1 is 1.29 bits per heavy atom. The number of alkyl halides is 3. The Morgan fingerprint density at radius 3 is 2.59 bits per heavy atom. The predicted octanol–water partition coefficient (Wildman–Crippen LogP) is 3.43. The third-order valence-electron chi connectivity index (χ3n) is 2.39. The van der Waals surface area contributed by atoms with Gasteiger partial charge < -0.3 is 0 Å². The summed E-state index contributed by atoms with van der Waals surface area (Å²) >= 11 is 0. The molecule has 0 fully saturated rings. The first-order valence-corrected chi connectivity index (χ1v) is 4.81. The predicted molar refractivity (Wildman–Crippen MR) is 56.2 cm³/mol. The molecule has 0 saturated heterocycles. The van der Waals surface area contributed by atoms with E-state index in [1.54, 1.807) is 13.0 Å². The Hall–Kier alpha value is -2.09. The number of aromatic nitrogens is 1. The quantitative estimate of drug-likeness (QED) is 0.702. The molecule has 2 rings (SSSR count). The highest BCUT2D eigenvalue weighted by molar-refractivity contribution is 5.88. The maximum absolute atomic E-state index is 12.8. The van der Waals surface area contributed by atoms with Gasteiger partial charge in [0, 0.05) is 11.1 Å². The number of rotatable bonds is 0. The number of benzene rings is 1. The second-order valence-electron chi connectivity index (χ2n) is 3.62. The van der Waals surface area contributed by atoms with Gasteiger partial charge in [0.2, 0.25) is 0 Å². The molecular weight excluding hydrogens is 229 g/mol. The van der Waals surface area contributed by atoms with Gasteiger partial charge in [0.15, 0.2) is 0 Å². The van der Waals surface area contributed by atoms with Crippen LogP contribution in [0.15, 0.2) is 24.3 Å². The summed E-state index contributed by atoms with van der Waals surface area (Å²) in [6.45, 7) is 1.64. The standard InChI is InChI=1S/C12H7F3N2/c1-7-5-8(6-16)11-9(12(13,14)15)3-2-4-10(11)17-7/h2-5H,1H3. The Balaban J connectivity index is 2.94. The molecule has 0 unspecified atom stereocenters. The Morgan fingerprint density at radius 2 is 2.00 bits per heavy atom. The molecule has 0 aliphatic carbocycles. The van der Waals surface area contributed by atoms with Gasteiger partial charge >= 0.3 is 6.18 Å². The summed E-state index contributed by atoms with van der Waals surface area (Å²) in [5.74, 6) is 0. The molecule has 0 bridgehead atoms. The molecule has 0 spiro atoms. The van der Waals surface area contributed by atoms with Crippen LogP contribution in [0.2, 0.25) is 0 Å². The highest BCUT2D eigenvalue weighted by Gasteiger charge is 2.33. The molecular formula is C12H7F3N2. The molecule has 0 aliphatic heterocycles. The molecule has 5 heteroatoms. The van der Waals surface area contributed by atoms with Crippen molar-refractivity contribution >= 4 is 10.9 Å². The van der Waals surface area contributed by atoms with E-state index in [1.165, 1.54) is 18.2 Å². The van der Waals surface area contributed by atoms with Crippen molar-refractivity contribution in [2.75, 3.05) is 0 Å². The van der Waals surface area contributed by atoms with Gasteiger partial charge in [-0.1, -0.05) is 6.07 Å². The van der Waals surface area contributed by atoms with E-state index in [4.69, 9.17) is 5.26 Å². The lowest BCUT2D eigenvalue weighted by Gasteiger charge is -2.11. The third-order valence-corrected chi connectivity index (χ3v) is 2.39. The molecule has 1 aromatic carbocycles. The van der Waals surface area contributed by atoms with Gasteiger partial charge in [-0.15, -0.1) is 0 Å². The van der Waals surface area contributed by atoms with Crippen LogP contribution in [0.25, 0.3) is 10.9 Å². The summed E-state index contributed by atoms with van der Waals surface area (Å²) < 4.78 is 38.4. The second kappa shape index (κ2) is 3.74. The number of nitriles is 1. The van der Waals surface area contributed by atoms with Gasteiger partial charge in [-0.25, -0.2) is 0 Å². The lowest BCUT2D eigenvalue weighted by Crippen LogP contribution is -2.07. The van der Waals surface area contributed by atoms with Crippen LogP contribution < -0.4 is 0 Å². The summed E-state index contributed by atoms with van der Waals surface area (Å²) in [5, 5.41) is 8.77. The number of aryl methyl sites for hydroxylation is 1. The SMILES string of the molecule is Cc1cc(C#N)c2c(C(F)(F)F)cccc2n1. The zero-order valence-electron chi connectivity index (χ0n) is 8.84. The fourth-order valence-electron chi connectivity index (χ4n) is 1.74. The van der Waals surface area contributed by atoms with Crippen molar-refractivity contribution in [1.82, 2.24) is 4.98 Å². The van der Waals surface area contributed by atoms with Gasteiger partial charge in [-0.2, -0.15) is 18.4 Å². The van der Waals surface area contributed by atoms with E-state index in [9.17, 15) is 13.2 Å². The van der Waals surface area contributed by atoms with Gasteiger partial charge in [-0.05, 0) is 25.1 Å². The molecule has 0 aliphatic rings. The van der Waals surface area contributed by atoms with Crippen LogP contribution in [0.4, 0.5) is 13.2 Å². The van der Waals surface area contributed by atoms with Gasteiger partial charge in [0.05, 0.1) is 22.7 Å². The van der Waals surface area contributed by atoms with Crippen molar-refractivity contribution in [3.8, 4) is 6.07 Å². The van der Waals surface area contributed by atoms with E-state index in [0.29, 0.717) is 5.69 Å². The highest BCUT2D eigenvalue weighted by atomic mass is 19.4. The van der Waals surface area contributed by atoms with Crippen LogP contribution in [0.3, 0.4) is 0 Å². The minimum Gasteiger partial charge on any atom is -0.253 e. The zero-order valence-corrected chi connectivity index (χ0v) is 8.84. The largest absolute Gasteiger partial charge is 0.417 e. The van der Waals surface area contributed by atoms with E-state index in [-0.39, 0.29) is 16.5 Å². The number of nitrogens with zero attached hydrogens (tertiary/aromatic N) is 2. The summed E-state index contributed by atoms with van der Waals surface area (Å²) in [5.41, 5.74) is -0.107. The average Bonchev–Trinajstić information content (AvgIpc) is 2.25. The van der Waals surface area contributed by atoms with E-state index < -0.39 is 11.7 Å². The molecule has 0 saturated carbocycles. The zero-order chi connectivity index (χ0) is 12.6. The number of halogens is 3. The van der Waals surface area contributed by atoms with Gasteiger partial charge in [0.25, 0.3) is 0 Å². The summed E-state index contributed by atoms with van der Waals surface area (Å²) in [7, 11) is 0. The normalized spacial score (nSPS) is 11.5. The van der Waals surface area contributed by atoms with Crippen LogP contribution >= 0.6 is 0 Å². The lowest BCUT2D eigenvalue weighted by molar-refractivity contribution is -0.136. The first-order valence-electron chi connectivity index (χ1n) is 4.81. The topological polar surface area (TPSA) is 36.7 Å². The van der Waals surface area contributed by atoms with Crippen molar-refractivity contribution in [2.45, 2.75) is 13.1 Å². The van der Waals surface area contributed by atoms with Crippen molar-refractivity contribution in [2.24, 2.45) is 0 Å². The molecule has 1 heterocycles. The van der Waals surface area contributed by atoms with Crippen molar-refractivity contribution in [3.63, 3.8) is 0 Å². The molecule has 2 aromatic rings. The monoisotopic (exact) mass is 236 g/mol. The van der Waals surface area contributed by atoms with Gasteiger partial charge in [-0.3, -0.25) is 4.98 Å². The van der Waals surface area contributed by atoms with Crippen LogP contribution in [-0.4, -0.2) is 4.98 Å². The van der Waals surface area contributed by atoms with Gasteiger partial charge in [0.1, 0.15) is 0 Å². The molecule has 86 valence electrons. The molecule has 2 nitrogen and oxygen atoms in total. The van der Waals surface area contributed by atoms with E-state index in [0.717, 1.165) is 6.07 Å². The van der Waals surface area contributed by atoms with E-state index in [1.807, 2.05) is 0 Å². The van der Waals surface area contributed by atoms with Crippen molar-refractivity contribution < 1.29 is 13.2 Å². The van der Waals surface area contributed by atoms with Crippen LogP contribution in [0.1, 0.15) is 16.8 Å². The molecule has 0 N–H and O–H groups in total.